The van der Waals surface area contributed by atoms with Crippen LogP contribution in [0.15, 0.2) is 0 Å². The van der Waals surface area contributed by atoms with Crippen molar-refractivity contribution in [3.05, 3.63) is 11.6 Å². The molecular weight excluding hydrogens is 302 g/mol. The summed E-state index contributed by atoms with van der Waals surface area (Å²) in [7, 11) is -3.08. The highest BCUT2D eigenvalue weighted by atomic mass is 32.2. The Labute approximate surface area is 132 Å². The number of anilines is 1. The van der Waals surface area contributed by atoms with E-state index in [1.165, 1.54) is 6.26 Å². The minimum atomic E-state index is -3.08. The third-order valence-electron chi connectivity index (χ3n) is 4.01. The Morgan fingerprint density at radius 2 is 1.45 bits per heavy atom. The van der Waals surface area contributed by atoms with Crippen LogP contribution in [0.4, 0.5) is 5.95 Å². The van der Waals surface area contributed by atoms with E-state index in [0.29, 0.717) is 24.3 Å². The van der Waals surface area contributed by atoms with Gasteiger partial charge in [-0.05, 0) is 51.4 Å². The lowest BCUT2D eigenvalue weighted by atomic mass is 9.82. The number of aryl methyl sites for hydroxylation is 2. The van der Waals surface area contributed by atoms with E-state index >= 15 is 0 Å². The summed E-state index contributed by atoms with van der Waals surface area (Å²) in [6.45, 7) is 5.14. The lowest BCUT2D eigenvalue weighted by Gasteiger charge is -2.28. The number of aromatic nitrogens is 3. The summed E-state index contributed by atoms with van der Waals surface area (Å²) in [6, 6.07) is 0. The second kappa shape index (κ2) is 7.32. The van der Waals surface area contributed by atoms with Crippen molar-refractivity contribution in [2.75, 3.05) is 24.7 Å². The van der Waals surface area contributed by atoms with Crippen molar-refractivity contribution in [2.24, 2.45) is 11.8 Å². The van der Waals surface area contributed by atoms with Crippen LogP contribution in [0.25, 0.3) is 0 Å². The first kappa shape index (κ1) is 17.1. The maximum Gasteiger partial charge on any atom is 0.226 e. The first-order valence-corrected chi connectivity index (χ1v) is 9.59. The highest BCUT2D eigenvalue weighted by Crippen LogP contribution is 2.28. The Hall–Kier alpha value is -1.28. The van der Waals surface area contributed by atoms with Gasteiger partial charge < -0.3 is 5.32 Å². The van der Waals surface area contributed by atoms with E-state index in [4.69, 9.17) is 0 Å². The van der Waals surface area contributed by atoms with Crippen LogP contribution in [0.5, 0.6) is 0 Å². The second-order valence-electron chi connectivity index (χ2n) is 6.14. The third kappa shape index (κ3) is 5.84. The smallest absolute Gasteiger partial charge is 0.226 e. The predicted molar refractivity (Wildman–Crippen MR) is 86.1 cm³/mol. The third-order valence-corrected chi connectivity index (χ3v) is 4.70. The van der Waals surface area contributed by atoms with Gasteiger partial charge in [0.2, 0.25) is 16.0 Å². The summed E-state index contributed by atoms with van der Waals surface area (Å²) < 4.78 is 24.8. The molecule has 0 radical (unpaired) electrons. The van der Waals surface area contributed by atoms with Crippen molar-refractivity contribution < 1.29 is 8.42 Å². The van der Waals surface area contributed by atoms with Crippen molar-refractivity contribution in [3.8, 4) is 0 Å². The van der Waals surface area contributed by atoms with Gasteiger partial charge in [-0.1, -0.05) is 0 Å². The summed E-state index contributed by atoms with van der Waals surface area (Å²) >= 11 is 0. The molecule has 22 heavy (non-hydrogen) atoms. The van der Waals surface area contributed by atoms with Crippen LogP contribution in [-0.2, 0) is 10.0 Å². The van der Waals surface area contributed by atoms with E-state index in [0.717, 1.165) is 43.9 Å². The lowest BCUT2D eigenvalue weighted by molar-refractivity contribution is 0.284. The monoisotopic (exact) mass is 327 g/mol. The summed E-state index contributed by atoms with van der Waals surface area (Å²) in [5, 5.41) is 3.29. The largest absolute Gasteiger partial charge is 0.354 e. The SMILES string of the molecule is Cc1nc(C)nc(NCC2CCC(CNS(C)(=O)=O)CC2)n1. The maximum absolute atomic E-state index is 11.1. The van der Waals surface area contributed by atoms with Gasteiger partial charge in [0, 0.05) is 13.1 Å². The zero-order chi connectivity index (χ0) is 16.2. The van der Waals surface area contributed by atoms with Crippen molar-refractivity contribution in [2.45, 2.75) is 39.5 Å². The van der Waals surface area contributed by atoms with Gasteiger partial charge in [-0.25, -0.2) is 18.1 Å². The molecule has 0 saturated heterocycles. The van der Waals surface area contributed by atoms with E-state index in [1.807, 2.05) is 13.8 Å². The van der Waals surface area contributed by atoms with Crippen LogP contribution >= 0.6 is 0 Å². The van der Waals surface area contributed by atoms with Gasteiger partial charge in [0.25, 0.3) is 0 Å². The molecule has 0 bridgehead atoms. The molecule has 0 amide bonds. The van der Waals surface area contributed by atoms with E-state index in [1.54, 1.807) is 0 Å². The zero-order valence-electron chi connectivity index (χ0n) is 13.5. The van der Waals surface area contributed by atoms with E-state index < -0.39 is 10.0 Å². The summed E-state index contributed by atoms with van der Waals surface area (Å²) in [6.07, 6.45) is 5.54. The zero-order valence-corrected chi connectivity index (χ0v) is 14.3. The van der Waals surface area contributed by atoms with Gasteiger partial charge in [0.1, 0.15) is 11.6 Å². The topological polar surface area (TPSA) is 96.9 Å². The fourth-order valence-electron chi connectivity index (χ4n) is 2.84. The molecule has 1 heterocycles. The first-order chi connectivity index (χ1) is 10.3. The first-order valence-electron chi connectivity index (χ1n) is 7.69. The molecule has 1 aliphatic carbocycles. The normalized spacial score (nSPS) is 22.5. The van der Waals surface area contributed by atoms with Gasteiger partial charge in [-0.2, -0.15) is 9.97 Å². The highest BCUT2D eigenvalue weighted by Gasteiger charge is 2.22. The molecule has 0 unspecified atom stereocenters. The molecule has 1 aliphatic rings. The summed E-state index contributed by atoms with van der Waals surface area (Å²) in [5.74, 6) is 3.14. The Morgan fingerprint density at radius 1 is 0.955 bits per heavy atom. The number of rotatable bonds is 6. The highest BCUT2D eigenvalue weighted by molar-refractivity contribution is 7.88. The maximum atomic E-state index is 11.1. The molecule has 1 fully saturated rings. The van der Waals surface area contributed by atoms with Crippen molar-refractivity contribution in [1.29, 1.82) is 0 Å². The van der Waals surface area contributed by atoms with Crippen LogP contribution in [-0.4, -0.2) is 42.7 Å². The molecule has 0 aromatic carbocycles. The van der Waals surface area contributed by atoms with Crippen LogP contribution in [0, 0.1) is 25.7 Å². The minimum Gasteiger partial charge on any atom is -0.354 e. The average molecular weight is 327 g/mol. The van der Waals surface area contributed by atoms with Gasteiger partial charge in [-0.3, -0.25) is 0 Å². The number of hydrogen-bond donors (Lipinski definition) is 2. The van der Waals surface area contributed by atoms with Crippen LogP contribution in [0.2, 0.25) is 0 Å². The number of nitrogens with zero attached hydrogens (tertiary/aromatic N) is 3. The Bertz CT molecular complexity index is 577. The average Bonchev–Trinajstić information content (AvgIpc) is 2.42. The second-order valence-corrected chi connectivity index (χ2v) is 7.97. The Balaban J connectivity index is 1.73. The van der Waals surface area contributed by atoms with Crippen molar-refractivity contribution in [3.63, 3.8) is 0 Å². The quantitative estimate of drug-likeness (QED) is 0.816. The molecule has 1 aromatic heterocycles. The predicted octanol–water partition coefficient (Wildman–Crippen LogP) is 1.26. The lowest BCUT2D eigenvalue weighted by Crippen LogP contribution is -2.31. The van der Waals surface area contributed by atoms with Crippen LogP contribution in [0.3, 0.4) is 0 Å². The molecule has 2 rings (SSSR count). The summed E-state index contributed by atoms with van der Waals surface area (Å²) in [5.41, 5.74) is 0. The Morgan fingerprint density at radius 3 is 1.95 bits per heavy atom. The van der Waals surface area contributed by atoms with Gasteiger partial charge in [0.15, 0.2) is 0 Å². The van der Waals surface area contributed by atoms with Gasteiger partial charge in [-0.15, -0.1) is 0 Å². The fraction of sp³-hybridized carbons (Fsp3) is 0.786. The fourth-order valence-corrected chi connectivity index (χ4v) is 3.38. The van der Waals surface area contributed by atoms with E-state index in [2.05, 4.69) is 25.0 Å². The molecule has 8 heteroatoms. The molecule has 124 valence electrons. The molecule has 0 aliphatic heterocycles. The van der Waals surface area contributed by atoms with Crippen LogP contribution < -0.4 is 10.0 Å². The number of nitrogens with one attached hydrogen (secondary N) is 2. The van der Waals surface area contributed by atoms with Crippen LogP contribution in [0.1, 0.15) is 37.3 Å². The van der Waals surface area contributed by atoms with Crippen molar-refractivity contribution >= 4 is 16.0 Å². The number of sulfonamides is 1. The molecule has 7 nitrogen and oxygen atoms in total. The Kier molecular flexibility index (Phi) is 5.69. The van der Waals surface area contributed by atoms with E-state index in [9.17, 15) is 8.42 Å². The number of hydrogen-bond acceptors (Lipinski definition) is 6. The van der Waals surface area contributed by atoms with Gasteiger partial charge in [0.05, 0.1) is 6.26 Å². The minimum absolute atomic E-state index is 0.452. The van der Waals surface area contributed by atoms with Gasteiger partial charge >= 0.3 is 0 Å². The molecule has 0 atom stereocenters. The molecule has 1 aromatic rings. The molecular formula is C14H25N5O2S. The summed E-state index contributed by atoms with van der Waals surface area (Å²) in [4.78, 5) is 12.7. The standard InChI is InChI=1S/C14H25N5O2S/c1-10-17-11(2)19-14(18-10)15-8-12-4-6-13(7-5-12)9-16-22(3,20)21/h12-13,16H,4-9H2,1-3H3,(H,15,17,18,19). The van der Waals surface area contributed by atoms with Crippen molar-refractivity contribution in [1.82, 2.24) is 19.7 Å². The molecule has 0 spiro atoms. The molecule has 1 saturated carbocycles. The van der Waals surface area contributed by atoms with E-state index in [-0.39, 0.29) is 0 Å². The molecule has 2 N–H and O–H groups in total.